The number of nitrogens with one attached hydrogen (secondary N) is 1. The van der Waals surface area contributed by atoms with Crippen molar-refractivity contribution in [3.05, 3.63) is 60.0 Å². The molecule has 1 aromatic rings. The molecular weight excluding hydrogens is 376 g/mol. The van der Waals surface area contributed by atoms with Gasteiger partial charge in [-0.15, -0.1) is 0 Å². The minimum Gasteiger partial charge on any atom is -0.465 e. The predicted molar refractivity (Wildman–Crippen MR) is 108 cm³/mol. The topological polar surface area (TPSA) is 94.2 Å². The molecule has 0 fully saturated rings. The Hall–Kier alpha value is -3.55. The number of amides is 1. The Balaban J connectivity index is 2.44. The number of methoxy groups -OCH3 is 2. The molecule has 0 bridgehead atoms. The maximum atomic E-state index is 12.5. The van der Waals surface area contributed by atoms with Gasteiger partial charge in [-0.1, -0.05) is 12.1 Å². The summed E-state index contributed by atoms with van der Waals surface area (Å²) in [7, 11) is 2.45. The molecule has 0 saturated carbocycles. The highest BCUT2D eigenvalue weighted by molar-refractivity contribution is 6.05. The highest BCUT2D eigenvalue weighted by Crippen LogP contribution is 2.28. The predicted octanol–water partition coefficient (Wildman–Crippen LogP) is 3.52. The standard InChI is InChI=1S/C21H24N2O6/c1-21(2,3)29-20(26)22-14-9-8-10-15(13-14)23-12-7-6-11-16(18(24)27-4)17(23)19(25)28-5/h6-13H,1-5H3,(H,22,26). The van der Waals surface area contributed by atoms with Crippen molar-refractivity contribution in [3.63, 3.8) is 0 Å². The van der Waals surface area contributed by atoms with Gasteiger partial charge in [0.2, 0.25) is 0 Å². The summed E-state index contributed by atoms with van der Waals surface area (Å²) < 4.78 is 14.9. The number of hydrogen-bond donors (Lipinski definition) is 1. The maximum Gasteiger partial charge on any atom is 0.412 e. The second-order valence-electron chi connectivity index (χ2n) is 6.99. The van der Waals surface area contributed by atoms with E-state index in [1.807, 2.05) is 0 Å². The summed E-state index contributed by atoms with van der Waals surface area (Å²) in [6.07, 6.45) is 5.73. The average Bonchev–Trinajstić information content (AvgIpc) is 2.88. The zero-order chi connectivity index (χ0) is 21.6. The largest absolute Gasteiger partial charge is 0.465 e. The molecule has 8 nitrogen and oxygen atoms in total. The van der Waals surface area contributed by atoms with Crippen molar-refractivity contribution in [1.29, 1.82) is 0 Å². The summed E-state index contributed by atoms with van der Waals surface area (Å²) in [6.45, 7) is 5.29. The Kier molecular flexibility index (Phi) is 6.82. The van der Waals surface area contributed by atoms with Crippen LogP contribution >= 0.6 is 0 Å². The van der Waals surface area contributed by atoms with Gasteiger partial charge >= 0.3 is 18.0 Å². The molecule has 0 aliphatic carbocycles. The number of esters is 2. The van der Waals surface area contributed by atoms with Crippen LogP contribution in [0.4, 0.5) is 16.2 Å². The van der Waals surface area contributed by atoms with E-state index in [2.05, 4.69) is 5.32 Å². The lowest BCUT2D eigenvalue weighted by Crippen LogP contribution is -2.28. The molecule has 2 rings (SSSR count). The summed E-state index contributed by atoms with van der Waals surface area (Å²) >= 11 is 0. The van der Waals surface area contributed by atoms with Crippen molar-refractivity contribution in [2.75, 3.05) is 24.4 Å². The van der Waals surface area contributed by atoms with Crippen molar-refractivity contribution >= 4 is 29.4 Å². The van der Waals surface area contributed by atoms with Crippen LogP contribution < -0.4 is 10.2 Å². The molecule has 0 saturated heterocycles. The number of rotatable bonds is 4. The molecule has 154 valence electrons. The smallest absolute Gasteiger partial charge is 0.412 e. The number of allylic oxidation sites excluding steroid dienone is 2. The first-order chi connectivity index (χ1) is 13.7. The third kappa shape index (κ3) is 5.71. The quantitative estimate of drug-likeness (QED) is 0.610. The number of ether oxygens (including phenoxy) is 3. The van der Waals surface area contributed by atoms with E-state index in [9.17, 15) is 14.4 Å². The van der Waals surface area contributed by atoms with Gasteiger partial charge < -0.3 is 19.1 Å². The van der Waals surface area contributed by atoms with E-state index in [4.69, 9.17) is 14.2 Å². The molecule has 29 heavy (non-hydrogen) atoms. The summed E-state index contributed by atoms with van der Waals surface area (Å²) in [6, 6.07) is 6.72. The fourth-order valence-corrected chi connectivity index (χ4v) is 2.52. The molecule has 1 aromatic carbocycles. The van der Waals surface area contributed by atoms with Gasteiger partial charge in [-0.05, 0) is 51.1 Å². The molecule has 1 aliphatic rings. The van der Waals surface area contributed by atoms with Crippen molar-refractivity contribution in [2.24, 2.45) is 0 Å². The van der Waals surface area contributed by atoms with Gasteiger partial charge in [-0.2, -0.15) is 0 Å². The van der Waals surface area contributed by atoms with E-state index in [1.54, 1.807) is 63.4 Å². The highest BCUT2D eigenvalue weighted by Gasteiger charge is 2.27. The zero-order valence-electron chi connectivity index (χ0n) is 17.0. The Labute approximate surface area is 169 Å². The van der Waals surface area contributed by atoms with E-state index in [1.165, 1.54) is 25.2 Å². The summed E-state index contributed by atoms with van der Waals surface area (Å²) in [5.74, 6) is -1.40. The van der Waals surface area contributed by atoms with Gasteiger partial charge in [0.1, 0.15) is 11.3 Å². The van der Waals surface area contributed by atoms with Gasteiger partial charge in [-0.25, -0.2) is 14.4 Å². The van der Waals surface area contributed by atoms with Gasteiger partial charge in [-0.3, -0.25) is 5.32 Å². The van der Waals surface area contributed by atoms with Crippen LogP contribution in [0.1, 0.15) is 20.8 Å². The van der Waals surface area contributed by atoms with E-state index >= 15 is 0 Å². The van der Waals surface area contributed by atoms with Crippen LogP contribution in [0.2, 0.25) is 0 Å². The van der Waals surface area contributed by atoms with Crippen LogP contribution in [-0.4, -0.2) is 37.9 Å². The van der Waals surface area contributed by atoms with Gasteiger partial charge in [0.15, 0.2) is 0 Å². The lowest BCUT2D eigenvalue weighted by Gasteiger charge is -2.24. The molecule has 8 heteroatoms. The molecule has 0 atom stereocenters. The van der Waals surface area contributed by atoms with Crippen molar-refractivity contribution in [1.82, 2.24) is 0 Å². The Bertz CT molecular complexity index is 893. The molecule has 1 aliphatic heterocycles. The van der Waals surface area contributed by atoms with E-state index in [0.29, 0.717) is 11.4 Å². The average molecular weight is 400 g/mol. The van der Waals surface area contributed by atoms with Crippen molar-refractivity contribution in [2.45, 2.75) is 26.4 Å². The number of carbonyl (C=O) groups excluding carboxylic acids is 3. The third-order valence-corrected chi connectivity index (χ3v) is 3.66. The number of benzene rings is 1. The second kappa shape index (κ2) is 9.09. The van der Waals surface area contributed by atoms with Crippen LogP contribution in [0.25, 0.3) is 0 Å². The lowest BCUT2D eigenvalue weighted by molar-refractivity contribution is -0.139. The lowest BCUT2D eigenvalue weighted by atomic mass is 10.1. The molecule has 0 aromatic heterocycles. The van der Waals surface area contributed by atoms with E-state index in [0.717, 1.165) is 0 Å². The SMILES string of the molecule is COC(=O)C1=C(C(=O)OC)N(c2cccc(NC(=O)OC(C)(C)C)c2)C=CC=C1. The fraction of sp³-hybridized carbons (Fsp3) is 0.286. The maximum absolute atomic E-state index is 12.5. The summed E-state index contributed by atoms with van der Waals surface area (Å²) in [5, 5.41) is 2.65. The third-order valence-electron chi connectivity index (χ3n) is 3.66. The number of anilines is 2. The highest BCUT2D eigenvalue weighted by atomic mass is 16.6. The molecule has 1 amide bonds. The Morgan fingerprint density at radius 2 is 1.69 bits per heavy atom. The monoisotopic (exact) mass is 400 g/mol. The van der Waals surface area contributed by atoms with Gasteiger partial charge in [0.05, 0.1) is 19.8 Å². The minimum atomic E-state index is -0.716. The van der Waals surface area contributed by atoms with Gasteiger partial charge in [0, 0.05) is 17.6 Å². The number of nitrogens with zero attached hydrogens (tertiary/aromatic N) is 1. The first-order valence-corrected chi connectivity index (χ1v) is 8.81. The summed E-state index contributed by atoms with van der Waals surface area (Å²) in [4.78, 5) is 38.2. The van der Waals surface area contributed by atoms with Crippen molar-refractivity contribution in [3.8, 4) is 0 Å². The van der Waals surface area contributed by atoms with Gasteiger partial charge in [0.25, 0.3) is 0 Å². The Morgan fingerprint density at radius 1 is 1.00 bits per heavy atom. The van der Waals surface area contributed by atoms with E-state index < -0.39 is 23.6 Å². The van der Waals surface area contributed by atoms with Crippen LogP contribution in [0.15, 0.2) is 60.0 Å². The number of hydrogen-bond acceptors (Lipinski definition) is 7. The van der Waals surface area contributed by atoms with E-state index in [-0.39, 0.29) is 11.3 Å². The first-order valence-electron chi connectivity index (χ1n) is 8.81. The zero-order valence-corrected chi connectivity index (χ0v) is 17.0. The fourth-order valence-electron chi connectivity index (χ4n) is 2.52. The summed E-state index contributed by atoms with van der Waals surface area (Å²) in [5.41, 5.74) is 0.344. The molecule has 1 heterocycles. The first kappa shape index (κ1) is 21.7. The van der Waals surface area contributed by atoms with Crippen LogP contribution in [0.5, 0.6) is 0 Å². The van der Waals surface area contributed by atoms with Crippen LogP contribution in [-0.2, 0) is 23.8 Å². The molecule has 0 radical (unpaired) electrons. The second-order valence-corrected chi connectivity index (χ2v) is 6.99. The normalized spacial score (nSPS) is 13.6. The molecular formula is C21H24N2O6. The minimum absolute atomic E-state index is 0.0150. The molecule has 1 N–H and O–H groups in total. The Morgan fingerprint density at radius 3 is 2.31 bits per heavy atom. The van der Waals surface area contributed by atoms with Crippen molar-refractivity contribution < 1.29 is 28.6 Å². The van der Waals surface area contributed by atoms with Crippen LogP contribution in [0, 0.1) is 0 Å². The molecule has 0 unspecified atom stereocenters. The number of carbonyl (C=O) groups is 3. The molecule has 0 spiro atoms. The van der Waals surface area contributed by atoms with Crippen LogP contribution in [0.3, 0.4) is 0 Å².